The number of nitrogens with one attached hydrogen (secondary N) is 2. The lowest BCUT2D eigenvalue weighted by Gasteiger charge is -2.18. The van der Waals surface area contributed by atoms with Crippen LogP contribution in [0.25, 0.3) is 0 Å². The lowest BCUT2D eigenvalue weighted by atomic mass is 9.96. The van der Waals surface area contributed by atoms with E-state index in [1.807, 2.05) is 0 Å². The Balaban J connectivity index is 2.54. The molecule has 0 unspecified atom stereocenters. The summed E-state index contributed by atoms with van der Waals surface area (Å²) < 4.78 is 6.49. The summed E-state index contributed by atoms with van der Waals surface area (Å²) in [6, 6.07) is 1.11. The molecule has 2 rings (SSSR count). The molecule has 10 nitrogen and oxygen atoms in total. The summed E-state index contributed by atoms with van der Waals surface area (Å²) in [6.45, 7) is 2.81. The predicted octanol–water partition coefficient (Wildman–Crippen LogP) is -1.53. The Morgan fingerprint density at radius 1 is 1.67 bits per heavy atom. The van der Waals surface area contributed by atoms with Crippen LogP contribution in [0.2, 0.25) is 0 Å². The molecule has 1 aliphatic heterocycles. The SMILES string of the molecule is C=C[C@@H]1[C@H](n2ccc(=O)[nH]c2=O)O[C@@](CO)(N=[N+]=N)[C@H]1O. The molecule has 4 N–H and O–H groups in total. The first-order chi connectivity index (χ1) is 9.99. The van der Waals surface area contributed by atoms with E-state index >= 15 is 0 Å². The van der Waals surface area contributed by atoms with Gasteiger partial charge in [-0.05, 0) is 0 Å². The molecule has 21 heavy (non-hydrogen) atoms. The van der Waals surface area contributed by atoms with E-state index in [0.717, 1.165) is 10.6 Å². The zero-order valence-electron chi connectivity index (χ0n) is 10.8. The molecule has 1 aromatic rings. The Morgan fingerprint density at radius 3 is 2.90 bits per heavy atom. The van der Waals surface area contributed by atoms with Crippen LogP contribution in [0.1, 0.15) is 6.23 Å². The minimum Gasteiger partial charge on any atom is -0.391 e. The topological polar surface area (TPSA) is 155 Å². The maximum atomic E-state index is 11.8. The summed E-state index contributed by atoms with van der Waals surface area (Å²) in [5.74, 6) is -0.800. The smallest absolute Gasteiger partial charge is 0.330 e. The predicted molar refractivity (Wildman–Crippen MR) is 68.2 cm³/mol. The van der Waals surface area contributed by atoms with Crippen LogP contribution in [0.5, 0.6) is 0 Å². The minimum absolute atomic E-state index is 0.579. The number of H-pyrrole nitrogens is 1. The zero-order chi connectivity index (χ0) is 15.6. The Morgan fingerprint density at radius 2 is 2.38 bits per heavy atom. The second-order valence-electron chi connectivity index (χ2n) is 4.49. The highest BCUT2D eigenvalue weighted by atomic mass is 16.6. The maximum absolute atomic E-state index is 11.8. The van der Waals surface area contributed by atoms with Gasteiger partial charge < -0.3 is 14.9 Å². The summed E-state index contributed by atoms with van der Waals surface area (Å²) in [5.41, 5.74) is 3.58. The summed E-state index contributed by atoms with van der Waals surface area (Å²) in [4.78, 5) is 27.7. The quantitative estimate of drug-likeness (QED) is 0.301. The van der Waals surface area contributed by atoms with Crippen LogP contribution in [0, 0.1) is 11.4 Å². The fourth-order valence-electron chi connectivity index (χ4n) is 2.26. The summed E-state index contributed by atoms with van der Waals surface area (Å²) in [5, 5.41) is 23.0. The van der Waals surface area contributed by atoms with Gasteiger partial charge >= 0.3 is 5.69 Å². The Kier molecular flexibility index (Phi) is 3.96. The molecule has 0 spiro atoms. The lowest BCUT2D eigenvalue weighted by molar-refractivity contribution is -0.128. The van der Waals surface area contributed by atoms with E-state index in [-0.39, 0.29) is 0 Å². The highest BCUT2D eigenvalue weighted by Crippen LogP contribution is 2.41. The highest BCUT2D eigenvalue weighted by Gasteiger charge is 2.58. The van der Waals surface area contributed by atoms with Crippen molar-refractivity contribution in [2.24, 2.45) is 11.0 Å². The van der Waals surface area contributed by atoms with Gasteiger partial charge in [-0.15, -0.1) is 6.58 Å². The second-order valence-corrected chi connectivity index (χ2v) is 4.49. The molecular formula is C11H14N5O5+. The first-order valence-corrected chi connectivity index (χ1v) is 5.98. The number of aliphatic hydroxyl groups excluding tert-OH is 2. The van der Waals surface area contributed by atoms with Gasteiger partial charge in [-0.1, -0.05) is 6.08 Å². The molecule has 4 atom stereocenters. The van der Waals surface area contributed by atoms with Crippen molar-refractivity contribution in [2.45, 2.75) is 18.1 Å². The first kappa shape index (κ1) is 15.0. The van der Waals surface area contributed by atoms with Crippen LogP contribution < -0.4 is 16.2 Å². The molecule has 1 aliphatic rings. The lowest BCUT2D eigenvalue weighted by Crippen LogP contribution is -2.43. The number of aliphatic hydroxyl groups is 2. The van der Waals surface area contributed by atoms with Crippen LogP contribution in [-0.2, 0) is 4.74 Å². The van der Waals surface area contributed by atoms with Crippen LogP contribution in [-0.4, -0.2) is 38.2 Å². The molecule has 0 aliphatic carbocycles. The van der Waals surface area contributed by atoms with E-state index in [1.54, 1.807) is 0 Å². The molecule has 0 bridgehead atoms. The molecule has 0 aromatic carbocycles. The van der Waals surface area contributed by atoms with Crippen LogP contribution in [0.15, 0.2) is 39.6 Å². The van der Waals surface area contributed by atoms with Gasteiger partial charge in [0.1, 0.15) is 18.2 Å². The van der Waals surface area contributed by atoms with Gasteiger partial charge in [-0.25, -0.2) is 4.79 Å². The second kappa shape index (κ2) is 5.54. The van der Waals surface area contributed by atoms with Crippen molar-refractivity contribution in [1.82, 2.24) is 14.5 Å². The monoisotopic (exact) mass is 296 g/mol. The van der Waals surface area contributed by atoms with Gasteiger partial charge in [0.15, 0.2) is 11.3 Å². The van der Waals surface area contributed by atoms with Crippen molar-refractivity contribution >= 4 is 0 Å². The van der Waals surface area contributed by atoms with Crippen molar-refractivity contribution in [3.63, 3.8) is 0 Å². The largest absolute Gasteiger partial charge is 0.391 e. The molecule has 10 heteroatoms. The molecule has 1 aromatic heterocycles. The molecule has 0 saturated carbocycles. The number of rotatable bonds is 4. The number of hydrogen-bond acceptors (Lipinski definition) is 7. The van der Waals surface area contributed by atoms with E-state index in [9.17, 15) is 19.8 Å². The van der Waals surface area contributed by atoms with E-state index < -0.39 is 41.8 Å². The number of nitrogens with zero attached hydrogens (tertiary/aromatic N) is 3. The third-order valence-electron chi connectivity index (χ3n) is 3.32. The summed E-state index contributed by atoms with van der Waals surface area (Å²) in [6.07, 6.45) is 0.113. The van der Waals surface area contributed by atoms with Gasteiger partial charge in [-0.3, -0.25) is 14.3 Å². The van der Waals surface area contributed by atoms with Crippen LogP contribution >= 0.6 is 0 Å². The van der Waals surface area contributed by atoms with Crippen molar-refractivity contribution in [1.29, 1.82) is 5.53 Å². The Bertz CT molecular complexity index is 705. The zero-order valence-corrected chi connectivity index (χ0v) is 10.8. The maximum Gasteiger partial charge on any atom is 0.330 e. The van der Waals surface area contributed by atoms with Gasteiger partial charge in [-0.2, -0.15) is 0 Å². The average molecular weight is 296 g/mol. The third-order valence-corrected chi connectivity index (χ3v) is 3.32. The minimum atomic E-state index is -1.86. The summed E-state index contributed by atoms with van der Waals surface area (Å²) in [7, 11) is 0. The molecule has 2 heterocycles. The van der Waals surface area contributed by atoms with E-state index in [4.69, 9.17) is 10.3 Å². The van der Waals surface area contributed by atoms with E-state index in [0.29, 0.717) is 0 Å². The average Bonchev–Trinajstić information content (AvgIpc) is 2.72. The summed E-state index contributed by atoms with van der Waals surface area (Å²) >= 11 is 0. The molecule has 0 radical (unpaired) electrons. The van der Waals surface area contributed by atoms with E-state index in [1.165, 1.54) is 12.3 Å². The van der Waals surface area contributed by atoms with Crippen LogP contribution in [0.3, 0.4) is 0 Å². The first-order valence-electron chi connectivity index (χ1n) is 5.98. The Labute approximate surface area is 117 Å². The third kappa shape index (κ3) is 2.36. The molecule has 1 saturated heterocycles. The van der Waals surface area contributed by atoms with E-state index in [2.05, 4.69) is 21.6 Å². The van der Waals surface area contributed by atoms with Gasteiger partial charge in [0, 0.05) is 12.3 Å². The number of hydrogen-bond donors (Lipinski definition) is 4. The standard InChI is InChI=1S/C11H13N5O5/c1-2-6-8(19)11(5-17,14-15-12)21-9(6)16-4-3-7(18)13-10(16)20/h2-4,6,8-9,12,17,19H,1,5H2/p+1/t6-,8-,9+,11+/m0/s1. The van der Waals surface area contributed by atoms with Gasteiger partial charge in [0.2, 0.25) is 4.91 Å². The van der Waals surface area contributed by atoms with Crippen molar-refractivity contribution in [3.05, 3.63) is 45.8 Å². The van der Waals surface area contributed by atoms with Crippen molar-refractivity contribution in [2.75, 3.05) is 6.61 Å². The molecule has 112 valence electrons. The molecule has 0 amide bonds. The van der Waals surface area contributed by atoms with Crippen molar-refractivity contribution < 1.29 is 14.9 Å². The normalized spacial score (nSPS) is 31.6. The van der Waals surface area contributed by atoms with Crippen LogP contribution in [0.4, 0.5) is 0 Å². The van der Waals surface area contributed by atoms with Gasteiger partial charge in [0.05, 0.1) is 5.92 Å². The fourth-order valence-corrected chi connectivity index (χ4v) is 2.26. The van der Waals surface area contributed by atoms with Crippen molar-refractivity contribution in [3.8, 4) is 0 Å². The Hall–Kier alpha value is -2.39. The fraction of sp³-hybridized carbons (Fsp3) is 0.455. The highest BCUT2D eigenvalue weighted by molar-refractivity contribution is 5.05. The number of aromatic nitrogens is 2. The molecule has 1 fully saturated rings. The number of ether oxygens (including phenoxy) is 1. The van der Waals surface area contributed by atoms with Gasteiger partial charge in [0.25, 0.3) is 11.3 Å². The molecular weight excluding hydrogens is 282 g/mol. The number of aromatic amines is 1.